The van der Waals surface area contributed by atoms with Gasteiger partial charge in [-0.2, -0.15) is 5.26 Å². The van der Waals surface area contributed by atoms with Gasteiger partial charge in [-0.25, -0.2) is 9.97 Å². The standard InChI is InChI=1S/C25H17ClN6O2/c1-14(31-24-20-18(33)10-11-28-23(20)29-13-30-24)22-21(26)17-9-5-6-15(12-27)19(17)25(34)32(22)16-7-3-2-4-8-16/h2-11,13-14H,1H3,(H2,28,29,30,31,33)/t14-/m0/s1. The van der Waals surface area contributed by atoms with E-state index in [0.717, 1.165) is 0 Å². The number of hydrogen-bond donors (Lipinski definition) is 2. The van der Waals surface area contributed by atoms with Crippen LogP contribution in [0.15, 0.2) is 76.7 Å². The molecule has 5 aromatic rings. The fourth-order valence-electron chi connectivity index (χ4n) is 4.12. The van der Waals surface area contributed by atoms with Crippen molar-refractivity contribution in [2.45, 2.75) is 13.0 Å². The van der Waals surface area contributed by atoms with Crippen molar-refractivity contribution in [3.63, 3.8) is 0 Å². The van der Waals surface area contributed by atoms with Crippen LogP contribution in [0.4, 0.5) is 5.82 Å². The van der Waals surface area contributed by atoms with Gasteiger partial charge in [0.05, 0.1) is 33.8 Å². The fraction of sp³-hybridized carbons (Fsp3) is 0.0800. The quantitative estimate of drug-likeness (QED) is 0.405. The highest BCUT2D eigenvalue weighted by Crippen LogP contribution is 2.33. The third-order valence-electron chi connectivity index (χ3n) is 5.63. The molecule has 0 bridgehead atoms. The number of aromatic amines is 1. The van der Waals surface area contributed by atoms with Crippen LogP contribution in [0.5, 0.6) is 0 Å². The molecular formula is C25H17ClN6O2. The van der Waals surface area contributed by atoms with Gasteiger partial charge in [0, 0.05) is 23.3 Å². The van der Waals surface area contributed by atoms with Crippen molar-refractivity contribution in [3.05, 3.63) is 104 Å². The molecule has 34 heavy (non-hydrogen) atoms. The van der Waals surface area contributed by atoms with Crippen molar-refractivity contribution >= 4 is 39.2 Å². The van der Waals surface area contributed by atoms with Crippen molar-refractivity contribution < 1.29 is 0 Å². The Morgan fingerprint density at radius 2 is 1.85 bits per heavy atom. The topological polar surface area (TPSA) is 116 Å². The zero-order chi connectivity index (χ0) is 23.8. The average Bonchev–Trinajstić information content (AvgIpc) is 2.86. The van der Waals surface area contributed by atoms with E-state index in [1.807, 2.05) is 25.1 Å². The van der Waals surface area contributed by atoms with Crippen molar-refractivity contribution in [1.29, 1.82) is 5.26 Å². The van der Waals surface area contributed by atoms with Gasteiger partial charge in [0.2, 0.25) is 0 Å². The van der Waals surface area contributed by atoms with Crippen LogP contribution in [0, 0.1) is 11.3 Å². The van der Waals surface area contributed by atoms with Gasteiger partial charge in [-0.3, -0.25) is 14.2 Å². The fourth-order valence-corrected chi connectivity index (χ4v) is 4.53. The lowest BCUT2D eigenvalue weighted by atomic mass is 10.0. The lowest BCUT2D eigenvalue weighted by molar-refractivity contribution is 0.774. The predicted octanol–water partition coefficient (Wildman–Crippen LogP) is 4.32. The minimum absolute atomic E-state index is 0.243. The van der Waals surface area contributed by atoms with E-state index in [0.29, 0.717) is 38.6 Å². The first-order valence-electron chi connectivity index (χ1n) is 10.4. The number of para-hydroxylation sites is 1. The van der Waals surface area contributed by atoms with E-state index >= 15 is 0 Å². The number of hydrogen-bond acceptors (Lipinski definition) is 6. The van der Waals surface area contributed by atoms with Crippen LogP contribution >= 0.6 is 11.6 Å². The summed E-state index contributed by atoms with van der Waals surface area (Å²) in [5.41, 5.74) is 1.10. The number of halogens is 1. The summed E-state index contributed by atoms with van der Waals surface area (Å²) in [6.07, 6.45) is 2.86. The number of rotatable bonds is 4. The van der Waals surface area contributed by atoms with E-state index in [1.54, 1.807) is 30.3 Å². The molecule has 0 aliphatic carbocycles. The highest BCUT2D eigenvalue weighted by molar-refractivity contribution is 6.36. The molecule has 1 atom stereocenters. The molecule has 9 heteroatoms. The number of nitriles is 1. The monoisotopic (exact) mass is 468 g/mol. The number of pyridine rings is 2. The van der Waals surface area contributed by atoms with Crippen LogP contribution < -0.4 is 16.3 Å². The number of anilines is 1. The van der Waals surface area contributed by atoms with Gasteiger partial charge in [0.15, 0.2) is 5.43 Å². The maximum atomic E-state index is 13.7. The van der Waals surface area contributed by atoms with Gasteiger partial charge in [-0.15, -0.1) is 0 Å². The second-order valence-electron chi connectivity index (χ2n) is 7.67. The Labute approximate surface area is 198 Å². The van der Waals surface area contributed by atoms with Crippen LogP contribution in [-0.4, -0.2) is 19.5 Å². The molecule has 8 nitrogen and oxygen atoms in total. The first-order chi connectivity index (χ1) is 16.5. The zero-order valence-electron chi connectivity index (χ0n) is 17.9. The summed E-state index contributed by atoms with van der Waals surface area (Å²) in [5, 5.41) is 14.2. The van der Waals surface area contributed by atoms with Crippen LogP contribution in [0.3, 0.4) is 0 Å². The zero-order valence-corrected chi connectivity index (χ0v) is 18.7. The summed E-state index contributed by atoms with van der Waals surface area (Å²) in [7, 11) is 0. The van der Waals surface area contributed by atoms with Gasteiger partial charge >= 0.3 is 0 Å². The summed E-state index contributed by atoms with van der Waals surface area (Å²) < 4.78 is 1.50. The van der Waals surface area contributed by atoms with Crippen LogP contribution in [0.1, 0.15) is 24.2 Å². The number of nitrogens with one attached hydrogen (secondary N) is 2. The lowest BCUT2D eigenvalue weighted by Crippen LogP contribution is -2.27. The number of benzene rings is 2. The smallest absolute Gasteiger partial charge is 0.264 e. The first-order valence-corrected chi connectivity index (χ1v) is 10.8. The van der Waals surface area contributed by atoms with Gasteiger partial charge in [0.25, 0.3) is 5.56 Å². The molecule has 0 amide bonds. The van der Waals surface area contributed by atoms with Crippen LogP contribution in [0.2, 0.25) is 5.02 Å². The Morgan fingerprint density at radius 1 is 1.06 bits per heavy atom. The molecule has 0 spiro atoms. The predicted molar refractivity (Wildman–Crippen MR) is 131 cm³/mol. The maximum absolute atomic E-state index is 13.7. The average molecular weight is 469 g/mol. The van der Waals surface area contributed by atoms with E-state index in [9.17, 15) is 14.9 Å². The summed E-state index contributed by atoms with van der Waals surface area (Å²) in [6, 6.07) is 17.0. The second-order valence-corrected chi connectivity index (χ2v) is 8.05. The largest absolute Gasteiger partial charge is 0.361 e. The Hall–Kier alpha value is -4.48. The molecule has 0 saturated carbocycles. The summed E-state index contributed by atoms with van der Waals surface area (Å²) in [4.78, 5) is 37.6. The van der Waals surface area contributed by atoms with Crippen molar-refractivity contribution in [2.75, 3.05) is 5.32 Å². The number of H-pyrrole nitrogens is 1. The van der Waals surface area contributed by atoms with E-state index in [-0.39, 0.29) is 21.9 Å². The van der Waals surface area contributed by atoms with E-state index in [4.69, 9.17) is 11.6 Å². The molecular weight excluding hydrogens is 452 g/mol. The van der Waals surface area contributed by atoms with Crippen LogP contribution in [-0.2, 0) is 0 Å². The van der Waals surface area contributed by atoms with Crippen molar-refractivity contribution in [1.82, 2.24) is 19.5 Å². The SMILES string of the molecule is C[C@H](Nc1ncnc2[nH]ccc(=O)c12)c1c(Cl)c2cccc(C#N)c2c(=O)n1-c1ccccc1. The summed E-state index contributed by atoms with van der Waals surface area (Å²) in [6.45, 7) is 1.82. The third kappa shape index (κ3) is 3.39. The summed E-state index contributed by atoms with van der Waals surface area (Å²) >= 11 is 6.90. The van der Waals surface area contributed by atoms with Crippen molar-refractivity contribution in [2.24, 2.45) is 0 Å². The Balaban J connectivity index is 1.79. The Morgan fingerprint density at radius 3 is 2.62 bits per heavy atom. The minimum atomic E-state index is -0.548. The lowest BCUT2D eigenvalue weighted by Gasteiger charge is -2.23. The molecule has 0 fully saturated rings. The highest BCUT2D eigenvalue weighted by Gasteiger charge is 2.24. The van der Waals surface area contributed by atoms with Gasteiger partial charge in [0.1, 0.15) is 23.2 Å². The second kappa shape index (κ2) is 8.46. The Bertz CT molecular complexity index is 1720. The third-order valence-corrected chi connectivity index (χ3v) is 6.03. The number of fused-ring (bicyclic) bond motifs is 2. The van der Waals surface area contributed by atoms with E-state index in [2.05, 4.69) is 26.3 Å². The molecule has 0 aliphatic rings. The molecule has 3 aromatic heterocycles. The van der Waals surface area contributed by atoms with Crippen molar-refractivity contribution in [3.8, 4) is 11.8 Å². The van der Waals surface area contributed by atoms with Crippen LogP contribution in [0.25, 0.3) is 27.5 Å². The molecule has 5 rings (SSSR count). The molecule has 0 aliphatic heterocycles. The van der Waals surface area contributed by atoms with E-state index in [1.165, 1.54) is 23.2 Å². The molecule has 2 aromatic carbocycles. The maximum Gasteiger partial charge on any atom is 0.264 e. The van der Waals surface area contributed by atoms with Gasteiger partial charge in [-0.05, 0) is 25.1 Å². The first kappa shape index (κ1) is 21.4. The summed E-state index contributed by atoms with van der Waals surface area (Å²) in [5.74, 6) is 0.313. The molecule has 166 valence electrons. The van der Waals surface area contributed by atoms with E-state index < -0.39 is 6.04 Å². The molecule has 2 N–H and O–H groups in total. The van der Waals surface area contributed by atoms with Gasteiger partial charge in [-0.1, -0.05) is 41.9 Å². The normalized spacial score (nSPS) is 11.9. The molecule has 0 radical (unpaired) electrons. The van der Waals surface area contributed by atoms with Gasteiger partial charge < -0.3 is 10.3 Å². The highest BCUT2D eigenvalue weighted by atomic mass is 35.5. The molecule has 3 heterocycles. The molecule has 0 saturated heterocycles. The Kier molecular flexibility index (Phi) is 5.32. The number of nitrogens with zero attached hydrogens (tertiary/aromatic N) is 4. The number of aromatic nitrogens is 4. The minimum Gasteiger partial charge on any atom is -0.361 e. The molecule has 0 unspecified atom stereocenters.